The molecule has 9 nitrogen and oxygen atoms in total. The average Bonchev–Trinajstić information content (AvgIpc) is 3.00. The van der Waals surface area contributed by atoms with E-state index in [1.54, 1.807) is 0 Å². The van der Waals surface area contributed by atoms with Crippen LogP contribution in [0, 0.1) is 15.9 Å². The summed E-state index contributed by atoms with van der Waals surface area (Å²) in [6, 6.07) is 4.68. The first kappa shape index (κ1) is 19.6. The van der Waals surface area contributed by atoms with E-state index in [2.05, 4.69) is 10.3 Å². The van der Waals surface area contributed by atoms with Crippen molar-refractivity contribution in [1.82, 2.24) is 14.9 Å². The van der Waals surface area contributed by atoms with Gasteiger partial charge in [-0.25, -0.2) is 9.18 Å². The minimum absolute atomic E-state index is 0.145. The fourth-order valence-electron chi connectivity index (χ4n) is 2.31. The number of carbonyl (C=O) groups excluding carboxylic acids is 1. The highest BCUT2D eigenvalue weighted by molar-refractivity contribution is 6.28. The van der Waals surface area contributed by atoms with Gasteiger partial charge in [-0.15, -0.1) is 0 Å². The van der Waals surface area contributed by atoms with Crippen LogP contribution in [0.3, 0.4) is 0 Å². The van der Waals surface area contributed by atoms with Gasteiger partial charge in [0.2, 0.25) is 0 Å². The minimum atomic E-state index is -1.25. The summed E-state index contributed by atoms with van der Waals surface area (Å²) in [4.78, 5) is 25.0. The van der Waals surface area contributed by atoms with Gasteiger partial charge in [0.1, 0.15) is 24.7 Å². The summed E-state index contributed by atoms with van der Waals surface area (Å²) in [6.07, 6.45) is -0.762. The molecule has 26 heavy (non-hydrogen) atoms. The van der Waals surface area contributed by atoms with Gasteiger partial charge in [0.15, 0.2) is 0 Å². The quantitative estimate of drug-likeness (QED) is 0.555. The lowest BCUT2D eigenvalue weighted by Crippen LogP contribution is -2.33. The second-order valence-corrected chi connectivity index (χ2v) is 5.68. The first-order chi connectivity index (χ1) is 12.3. The molecule has 0 bridgehead atoms. The third-order valence-corrected chi connectivity index (χ3v) is 3.89. The van der Waals surface area contributed by atoms with Gasteiger partial charge in [-0.05, 0) is 45.6 Å². The Morgan fingerprint density at radius 1 is 1.50 bits per heavy atom. The Morgan fingerprint density at radius 3 is 2.69 bits per heavy atom. The summed E-state index contributed by atoms with van der Waals surface area (Å²) in [7, 11) is 1.36. The van der Waals surface area contributed by atoms with Gasteiger partial charge in [0.05, 0.1) is 6.04 Å². The standard InChI is InChI=1S/C15H16ClFN4O5/c1-18-15(23)26-8-12(22)11(6-9-2-4-10(17)5-3-9)20-7-13(21(24)25)19-14(20)16/h2-5,7,11-12,22H,6,8H2,1H3,(H,18,23). The van der Waals surface area contributed by atoms with E-state index in [1.165, 1.54) is 35.9 Å². The fourth-order valence-corrected chi connectivity index (χ4v) is 2.57. The molecule has 0 aliphatic rings. The Balaban J connectivity index is 2.29. The minimum Gasteiger partial charge on any atom is -0.447 e. The third-order valence-electron chi connectivity index (χ3n) is 3.61. The third kappa shape index (κ3) is 4.90. The average molecular weight is 387 g/mol. The molecule has 2 N–H and O–H groups in total. The first-order valence-corrected chi connectivity index (χ1v) is 7.85. The van der Waals surface area contributed by atoms with Crippen molar-refractivity contribution in [3.8, 4) is 0 Å². The Kier molecular flexibility index (Phi) is 6.47. The largest absolute Gasteiger partial charge is 0.447 e. The molecule has 1 aromatic heterocycles. The SMILES string of the molecule is CNC(=O)OCC(O)C(Cc1ccc(F)cc1)n1cc([N+](=O)[O-])nc1Cl. The zero-order chi connectivity index (χ0) is 19.3. The first-order valence-electron chi connectivity index (χ1n) is 7.47. The Labute approximate surface area is 152 Å². The molecule has 0 aliphatic carbocycles. The zero-order valence-electron chi connectivity index (χ0n) is 13.6. The van der Waals surface area contributed by atoms with E-state index in [9.17, 15) is 24.4 Å². The number of amides is 1. The van der Waals surface area contributed by atoms with Crippen LogP contribution >= 0.6 is 11.6 Å². The van der Waals surface area contributed by atoms with Crippen LogP contribution in [0.5, 0.6) is 0 Å². The highest BCUT2D eigenvalue weighted by Crippen LogP contribution is 2.26. The number of aliphatic hydroxyl groups is 1. The van der Waals surface area contributed by atoms with E-state index in [0.717, 1.165) is 6.20 Å². The molecule has 0 fully saturated rings. The fraction of sp³-hybridized carbons (Fsp3) is 0.333. The van der Waals surface area contributed by atoms with E-state index < -0.39 is 34.8 Å². The molecule has 0 radical (unpaired) electrons. The molecule has 0 aliphatic heterocycles. The molecule has 0 spiro atoms. The predicted molar refractivity (Wildman–Crippen MR) is 89.4 cm³/mol. The molecule has 11 heteroatoms. The van der Waals surface area contributed by atoms with E-state index in [1.807, 2.05) is 0 Å². The number of aromatic nitrogens is 2. The summed E-state index contributed by atoms with van der Waals surface area (Å²) >= 11 is 5.97. The van der Waals surface area contributed by atoms with Crippen molar-refractivity contribution in [2.24, 2.45) is 0 Å². The van der Waals surface area contributed by atoms with E-state index in [0.29, 0.717) is 5.56 Å². The number of benzene rings is 1. The van der Waals surface area contributed by atoms with Gasteiger partial charge in [-0.3, -0.25) is 4.57 Å². The number of ether oxygens (including phenoxy) is 1. The molecule has 2 rings (SSSR count). The molecule has 0 saturated carbocycles. The number of hydrogen-bond acceptors (Lipinski definition) is 6. The van der Waals surface area contributed by atoms with Crippen LogP contribution < -0.4 is 5.32 Å². The van der Waals surface area contributed by atoms with Crippen molar-refractivity contribution in [1.29, 1.82) is 0 Å². The van der Waals surface area contributed by atoms with Crippen LogP contribution in [0.25, 0.3) is 0 Å². The highest BCUT2D eigenvalue weighted by atomic mass is 35.5. The number of nitro groups is 1. The number of nitrogens with zero attached hydrogens (tertiary/aromatic N) is 3. The van der Waals surface area contributed by atoms with Crippen molar-refractivity contribution in [3.05, 3.63) is 57.2 Å². The number of halogens is 2. The smallest absolute Gasteiger partial charge is 0.406 e. The zero-order valence-corrected chi connectivity index (χ0v) is 14.4. The van der Waals surface area contributed by atoms with Crippen molar-refractivity contribution < 1.29 is 24.0 Å². The second kappa shape index (κ2) is 8.59. The molecule has 140 valence electrons. The van der Waals surface area contributed by atoms with Crippen molar-refractivity contribution in [3.63, 3.8) is 0 Å². The number of hydrogen-bond donors (Lipinski definition) is 2. The maximum absolute atomic E-state index is 13.1. The van der Waals surface area contributed by atoms with Crippen LogP contribution in [-0.4, -0.2) is 45.4 Å². The summed E-state index contributed by atoms with van der Waals surface area (Å²) in [5.74, 6) is -0.913. The molecule has 2 unspecified atom stereocenters. The van der Waals surface area contributed by atoms with Crippen LogP contribution in [0.15, 0.2) is 30.5 Å². The monoisotopic (exact) mass is 386 g/mol. The molecule has 2 atom stereocenters. The van der Waals surface area contributed by atoms with Gasteiger partial charge >= 0.3 is 17.2 Å². The summed E-state index contributed by atoms with van der Waals surface area (Å²) < 4.78 is 19.1. The number of nitrogens with one attached hydrogen (secondary N) is 1. The maximum Gasteiger partial charge on any atom is 0.406 e. The predicted octanol–water partition coefficient (Wildman–Crippen LogP) is 2.08. The highest BCUT2D eigenvalue weighted by Gasteiger charge is 2.29. The maximum atomic E-state index is 13.1. The number of imidazole rings is 1. The van der Waals surface area contributed by atoms with E-state index >= 15 is 0 Å². The van der Waals surface area contributed by atoms with Gasteiger partial charge in [0.25, 0.3) is 0 Å². The molecule has 1 amide bonds. The van der Waals surface area contributed by atoms with Crippen molar-refractivity contribution >= 4 is 23.5 Å². The number of alkyl carbamates (subject to hydrolysis) is 1. The topological polar surface area (TPSA) is 120 Å². The lowest BCUT2D eigenvalue weighted by Gasteiger charge is -2.23. The van der Waals surface area contributed by atoms with Crippen LogP contribution in [-0.2, 0) is 11.2 Å². The summed E-state index contributed by atoms with van der Waals surface area (Å²) in [6.45, 7) is -0.381. The number of carbonyl (C=O) groups is 1. The van der Waals surface area contributed by atoms with Crippen LogP contribution in [0.1, 0.15) is 11.6 Å². The van der Waals surface area contributed by atoms with Crippen LogP contribution in [0.4, 0.5) is 15.0 Å². The van der Waals surface area contributed by atoms with Crippen LogP contribution in [0.2, 0.25) is 5.28 Å². The Bertz CT molecular complexity index is 783. The molecular weight excluding hydrogens is 371 g/mol. The van der Waals surface area contributed by atoms with E-state index in [-0.39, 0.29) is 18.3 Å². The summed E-state index contributed by atoms with van der Waals surface area (Å²) in [5, 5.41) is 23.4. The summed E-state index contributed by atoms with van der Waals surface area (Å²) in [5.41, 5.74) is 0.641. The van der Waals surface area contributed by atoms with Gasteiger partial charge in [-0.1, -0.05) is 12.1 Å². The second-order valence-electron chi connectivity index (χ2n) is 5.35. The van der Waals surface area contributed by atoms with Gasteiger partial charge < -0.3 is 25.3 Å². The van der Waals surface area contributed by atoms with E-state index in [4.69, 9.17) is 16.3 Å². The number of aliphatic hydroxyl groups excluding tert-OH is 1. The van der Waals surface area contributed by atoms with Gasteiger partial charge in [-0.2, -0.15) is 0 Å². The Morgan fingerprint density at radius 2 is 2.15 bits per heavy atom. The normalized spacial score (nSPS) is 13.1. The molecule has 1 aromatic carbocycles. The molecule has 1 heterocycles. The Hall–Kier alpha value is -2.72. The lowest BCUT2D eigenvalue weighted by molar-refractivity contribution is -0.389. The van der Waals surface area contributed by atoms with Crippen molar-refractivity contribution in [2.75, 3.05) is 13.7 Å². The van der Waals surface area contributed by atoms with Crippen molar-refractivity contribution in [2.45, 2.75) is 18.6 Å². The molecule has 2 aromatic rings. The molecular formula is C15H16ClFN4O5. The number of rotatable bonds is 7. The van der Waals surface area contributed by atoms with Gasteiger partial charge in [0, 0.05) is 7.05 Å². The molecule has 0 saturated heterocycles. The lowest BCUT2D eigenvalue weighted by atomic mass is 10.0.